The standard InChI is InChI=1S/C37H38N2O5/c40-35(25-30-12-5-4-11-29(30)23-26-15-16-26)38-21-8-22-44-31-19-17-27(18-20-31)24-34(37(42)43)39-33-14-7-6-13-32(33)36(41)28-9-2-1-3-10-28/h1-7,9-14,17-20,26,34,39H,8,15-16,21-25H2,(H,38,40)(H,42,43). The van der Waals surface area contributed by atoms with E-state index in [1.54, 1.807) is 48.5 Å². The Kier molecular flexibility index (Phi) is 10.4. The van der Waals surface area contributed by atoms with Crippen molar-refractivity contribution in [2.24, 2.45) is 5.92 Å². The summed E-state index contributed by atoms with van der Waals surface area (Å²) >= 11 is 0. The van der Waals surface area contributed by atoms with Crippen LogP contribution in [0.25, 0.3) is 0 Å². The monoisotopic (exact) mass is 590 g/mol. The van der Waals surface area contributed by atoms with E-state index in [0.29, 0.717) is 48.6 Å². The van der Waals surface area contributed by atoms with Gasteiger partial charge in [-0.1, -0.05) is 78.9 Å². The van der Waals surface area contributed by atoms with Crippen LogP contribution in [0.1, 0.15) is 51.9 Å². The van der Waals surface area contributed by atoms with Crippen molar-refractivity contribution in [2.75, 3.05) is 18.5 Å². The summed E-state index contributed by atoms with van der Waals surface area (Å²) < 4.78 is 5.84. The smallest absolute Gasteiger partial charge is 0.326 e. The van der Waals surface area contributed by atoms with Gasteiger partial charge in [-0.25, -0.2) is 4.79 Å². The van der Waals surface area contributed by atoms with Crippen molar-refractivity contribution in [1.82, 2.24) is 5.32 Å². The van der Waals surface area contributed by atoms with Crippen LogP contribution in [0.15, 0.2) is 103 Å². The summed E-state index contributed by atoms with van der Waals surface area (Å²) in [6.45, 7) is 0.978. The summed E-state index contributed by atoms with van der Waals surface area (Å²) in [6.07, 6.45) is 4.93. The number of benzene rings is 4. The van der Waals surface area contributed by atoms with E-state index in [0.717, 1.165) is 23.5 Å². The maximum atomic E-state index is 13.1. The number of para-hydroxylation sites is 1. The Balaban J connectivity index is 1.07. The third-order valence-corrected chi connectivity index (χ3v) is 7.79. The zero-order chi connectivity index (χ0) is 30.7. The molecule has 7 nitrogen and oxygen atoms in total. The number of hydrogen-bond donors (Lipinski definition) is 3. The summed E-state index contributed by atoms with van der Waals surface area (Å²) in [7, 11) is 0. The first-order valence-corrected chi connectivity index (χ1v) is 15.2. The van der Waals surface area contributed by atoms with Gasteiger partial charge < -0.3 is 20.5 Å². The lowest BCUT2D eigenvalue weighted by Crippen LogP contribution is -2.32. The molecule has 7 heteroatoms. The van der Waals surface area contributed by atoms with Gasteiger partial charge >= 0.3 is 5.97 Å². The molecule has 0 bridgehead atoms. The van der Waals surface area contributed by atoms with Crippen LogP contribution < -0.4 is 15.4 Å². The molecule has 1 fully saturated rings. The summed E-state index contributed by atoms with van der Waals surface area (Å²) in [5.74, 6) is 0.285. The normalized spacial score (nSPS) is 13.1. The van der Waals surface area contributed by atoms with Gasteiger partial charge in [0.25, 0.3) is 0 Å². The second-order valence-corrected chi connectivity index (χ2v) is 11.3. The predicted molar refractivity (Wildman–Crippen MR) is 171 cm³/mol. The number of amides is 1. The molecular formula is C37H38N2O5. The fourth-order valence-corrected chi connectivity index (χ4v) is 5.18. The van der Waals surface area contributed by atoms with Gasteiger partial charge in [-0.15, -0.1) is 0 Å². The van der Waals surface area contributed by atoms with E-state index in [2.05, 4.69) is 16.7 Å². The highest BCUT2D eigenvalue weighted by Gasteiger charge is 2.23. The minimum Gasteiger partial charge on any atom is -0.494 e. The van der Waals surface area contributed by atoms with Gasteiger partial charge in [0.1, 0.15) is 11.8 Å². The van der Waals surface area contributed by atoms with Crippen molar-refractivity contribution in [3.05, 3.63) is 131 Å². The quantitative estimate of drug-likeness (QED) is 0.108. The molecule has 1 aliphatic rings. The molecule has 0 heterocycles. The van der Waals surface area contributed by atoms with Crippen molar-refractivity contribution in [2.45, 2.75) is 44.6 Å². The van der Waals surface area contributed by atoms with Gasteiger partial charge in [0.05, 0.1) is 13.0 Å². The maximum absolute atomic E-state index is 13.1. The van der Waals surface area contributed by atoms with Crippen LogP contribution >= 0.6 is 0 Å². The van der Waals surface area contributed by atoms with Gasteiger partial charge in [0.2, 0.25) is 5.91 Å². The van der Waals surface area contributed by atoms with Crippen molar-refractivity contribution in [3.8, 4) is 5.75 Å². The van der Waals surface area contributed by atoms with Crippen LogP contribution in [-0.2, 0) is 28.9 Å². The SMILES string of the molecule is O=C(Cc1ccccc1CC1CC1)NCCCOc1ccc(CC(Nc2ccccc2C(=O)c2ccccc2)C(=O)O)cc1. The number of nitrogens with one attached hydrogen (secondary N) is 2. The molecule has 0 aliphatic heterocycles. The number of carboxylic acids is 1. The van der Waals surface area contributed by atoms with E-state index < -0.39 is 12.0 Å². The minimum atomic E-state index is -1.01. The third-order valence-electron chi connectivity index (χ3n) is 7.79. The minimum absolute atomic E-state index is 0.0197. The topological polar surface area (TPSA) is 105 Å². The fraction of sp³-hybridized carbons (Fsp3) is 0.270. The molecule has 4 aromatic carbocycles. The largest absolute Gasteiger partial charge is 0.494 e. The molecule has 1 atom stereocenters. The summed E-state index contributed by atoms with van der Waals surface area (Å²) in [4.78, 5) is 37.7. The number of carbonyl (C=O) groups excluding carboxylic acids is 2. The van der Waals surface area contributed by atoms with E-state index in [4.69, 9.17) is 4.74 Å². The second kappa shape index (κ2) is 15.0. The Hall–Kier alpha value is -4.91. The highest BCUT2D eigenvalue weighted by atomic mass is 16.5. The lowest BCUT2D eigenvalue weighted by Gasteiger charge is -2.18. The Bertz CT molecular complexity index is 1560. The van der Waals surface area contributed by atoms with Crippen molar-refractivity contribution < 1.29 is 24.2 Å². The third kappa shape index (κ3) is 8.80. The first kappa shape index (κ1) is 30.5. The van der Waals surface area contributed by atoms with E-state index in [1.165, 1.54) is 18.4 Å². The number of rotatable bonds is 16. The zero-order valence-corrected chi connectivity index (χ0v) is 24.7. The fourth-order valence-electron chi connectivity index (χ4n) is 5.18. The molecule has 1 unspecified atom stereocenters. The number of ketones is 1. The molecular weight excluding hydrogens is 552 g/mol. The lowest BCUT2D eigenvalue weighted by molar-refractivity contribution is -0.137. The molecule has 44 heavy (non-hydrogen) atoms. The molecule has 0 saturated heterocycles. The van der Waals surface area contributed by atoms with Crippen molar-refractivity contribution in [3.63, 3.8) is 0 Å². The second-order valence-electron chi connectivity index (χ2n) is 11.3. The predicted octanol–water partition coefficient (Wildman–Crippen LogP) is 6.11. The van der Waals surface area contributed by atoms with Crippen LogP contribution in [-0.4, -0.2) is 42.0 Å². The number of carboxylic acid groups (broad SMARTS) is 1. The Labute approximate surface area is 258 Å². The van der Waals surface area contributed by atoms with E-state index >= 15 is 0 Å². The van der Waals surface area contributed by atoms with Crippen LogP contribution in [0.5, 0.6) is 5.75 Å². The molecule has 1 saturated carbocycles. The molecule has 1 aliphatic carbocycles. The van der Waals surface area contributed by atoms with Gasteiger partial charge in [-0.3, -0.25) is 9.59 Å². The molecule has 3 N–H and O–H groups in total. The maximum Gasteiger partial charge on any atom is 0.326 e. The van der Waals surface area contributed by atoms with Gasteiger partial charge in [-0.2, -0.15) is 0 Å². The molecule has 4 aromatic rings. The van der Waals surface area contributed by atoms with Gasteiger partial charge in [0, 0.05) is 29.8 Å². The van der Waals surface area contributed by atoms with Crippen LogP contribution in [0, 0.1) is 5.92 Å². The number of ether oxygens (including phenoxy) is 1. The van der Waals surface area contributed by atoms with Crippen LogP contribution in [0.3, 0.4) is 0 Å². The molecule has 0 spiro atoms. The van der Waals surface area contributed by atoms with Gasteiger partial charge in [-0.05, 0) is 72.6 Å². The van der Waals surface area contributed by atoms with Crippen LogP contribution in [0.4, 0.5) is 5.69 Å². The average molecular weight is 591 g/mol. The van der Waals surface area contributed by atoms with E-state index in [-0.39, 0.29) is 18.1 Å². The molecule has 1 amide bonds. The molecule has 0 radical (unpaired) electrons. The number of carbonyl (C=O) groups is 3. The summed E-state index contributed by atoms with van der Waals surface area (Å²) in [6, 6.07) is 30.5. The first-order chi connectivity index (χ1) is 21.5. The first-order valence-electron chi connectivity index (χ1n) is 15.2. The van der Waals surface area contributed by atoms with Gasteiger partial charge in [0.15, 0.2) is 5.78 Å². The van der Waals surface area contributed by atoms with Crippen LogP contribution in [0.2, 0.25) is 0 Å². The number of hydrogen-bond acceptors (Lipinski definition) is 5. The van der Waals surface area contributed by atoms with Crippen molar-refractivity contribution in [1.29, 1.82) is 0 Å². The molecule has 5 rings (SSSR count). The number of aliphatic carboxylic acids is 1. The Morgan fingerprint density at radius 3 is 2.23 bits per heavy atom. The summed E-state index contributed by atoms with van der Waals surface area (Å²) in [5.41, 5.74) is 4.64. The molecule has 226 valence electrons. The lowest BCUT2D eigenvalue weighted by atomic mass is 9.99. The van der Waals surface area contributed by atoms with Crippen molar-refractivity contribution >= 4 is 23.3 Å². The highest BCUT2D eigenvalue weighted by molar-refractivity contribution is 6.12. The molecule has 0 aromatic heterocycles. The Morgan fingerprint density at radius 1 is 0.818 bits per heavy atom. The number of anilines is 1. The zero-order valence-electron chi connectivity index (χ0n) is 24.7. The van der Waals surface area contributed by atoms with E-state index in [9.17, 15) is 19.5 Å². The Morgan fingerprint density at radius 2 is 1.50 bits per heavy atom. The average Bonchev–Trinajstić information content (AvgIpc) is 3.87. The highest BCUT2D eigenvalue weighted by Crippen LogP contribution is 2.33. The van der Waals surface area contributed by atoms with E-state index in [1.807, 2.05) is 48.5 Å². The summed E-state index contributed by atoms with van der Waals surface area (Å²) in [5, 5.41) is 16.0.